The van der Waals surface area contributed by atoms with E-state index in [0.717, 1.165) is 0 Å². The van der Waals surface area contributed by atoms with Gasteiger partial charge in [-0.15, -0.1) is 0 Å². The molecule has 3 atom stereocenters. The number of nitrogens with two attached hydrogens (primary N) is 4. The summed E-state index contributed by atoms with van der Waals surface area (Å²) < 4.78 is 0. The maximum absolute atomic E-state index is 12.8. The van der Waals surface area contributed by atoms with Gasteiger partial charge in [0.1, 0.15) is 18.1 Å². The standard InChI is InChI=1S/C18H34N8O6S/c1-33-8-6-11(16(30)26-12(17(31)32)4-5-13(20)27)25-15(29)10(24-14(28)9-19)3-2-7-23-18(21)22/h10-12H,2-9,19H2,1H3,(H2,20,27)(H,24,28)(H,25,29)(H,26,30)(H,31,32)(H4,21,22,23). The number of carboxylic acid groups (broad SMARTS) is 1. The second-order valence-electron chi connectivity index (χ2n) is 7.02. The summed E-state index contributed by atoms with van der Waals surface area (Å²) in [6, 6.07) is -3.44. The minimum Gasteiger partial charge on any atom is -0.480 e. The molecule has 188 valence electrons. The Hall–Kier alpha value is -3.07. The van der Waals surface area contributed by atoms with Crippen LogP contribution in [0.15, 0.2) is 4.99 Å². The van der Waals surface area contributed by atoms with E-state index in [4.69, 9.17) is 22.9 Å². The molecule has 0 aromatic rings. The molecule has 3 unspecified atom stereocenters. The molecule has 0 fully saturated rings. The molecule has 4 amide bonds. The van der Waals surface area contributed by atoms with E-state index >= 15 is 0 Å². The fourth-order valence-corrected chi connectivity index (χ4v) is 3.09. The van der Waals surface area contributed by atoms with Crippen molar-refractivity contribution in [2.24, 2.45) is 27.9 Å². The van der Waals surface area contributed by atoms with Gasteiger partial charge in [-0.1, -0.05) is 0 Å². The molecule has 0 aromatic heterocycles. The number of guanidine groups is 1. The zero-order valence-electron chi connectivity index (χ0n) is 18.5. The lowest BCUT2D eigenvalue weighted by Gasteiger charge is -2.24. The first-order valence-corrected chi connectivity index (χ1v) is 11.6. The summed E-state index contributed by atoms with van der Waals surface area (Å²) in [6.45, 7) is -0.116. The topological polar surface area (TPSA) is 258 Å². The van der Waals surface area contributed by atoms with Crippen LogP contribution in [0.25, 0.3) is 0 Å². The van der Waals surface area contributed by atoms with Gasteiger partial charge in [0.2, 0.25) is 23.6 Å². The van der Waals surface area contributed by atoms with Gasteiger partial charge in [0, 0.05) is 13.0 Å². The predicted molar refractivity (Wildman–Crippen MR) is 124 cm³/mol. The van der Waals surface area contributed by atoms with Gasteiger partial charge in [-0.2, -0.15) is 11.8 Å². The molecular formula is C18H34N8O6S. The second kappa shape index (κ2) is 16.5. The van der Waals surface area contributed by atoms with E-state index < -0.39 is 47.7 Å². The molecule has 0 rings (SSSR count). The quantitative estimate of drug-likeness (QED) is 0.0568. The van der Waals surface area contributed by atoms with Crippen LogP contribution >= 0.6 is 11.8 Å². The van der Waals surface area contributed by atoms with Crippen molar-refractivity contribution in [3.05, 3.63) is 0 Å². The summed E-state index contributed by atoms with van der Waals surface area (Å²) in [7, 11) is 0. The van der Waals surface area contributed by atoms with Crippen LogP contribution in [-0.4, -0.2) is 83.9 Å². The van der Waals surface area contributed by atoms with Crippen LogP contribution in [0, 0.1) is 0 Å². The Morgan fingerprint density at radius 1 is 0.909 bits per heavy atom. The van der Waals surface area contributed by atoms with E-state index in [1.54, 1.807) is 6.26 Å². The fourth-order valence-electron chi connectivity index (χ4n) is 2.62. The lowest BCUT2D eigenvalue weighted by Crippen LogP contribution is -2.56. The highest BCUT2D eigenvalue weighted by molar-refractivity contribution is 7.98. The monoisotopic (exact) mass is 490 g/mol. The van der Waals surface area contributed by atoms with Crippen molar-refractivity contribution in [1.82, 2.24) is 16.0 Å². The smallest absolute Gasteiger partial charge is 0.326 e. The average Bonchev–Trinajstić information content (AvgIpc) is 2.74. The fraction of sp³-hybridized carbons (Fsp3) is 0.667. The highest BCUT2D eigenvalue weighted by Gasteiger charge is 2.29. The van der Waals surface area contributed by atoms with Crippen molar-refractivity contribution in [2.45, 2.75) is 50.2 Å². The average molecular weight is 491 g/mol. The van der Waals surface area contributed by atoms with E-state index in [1.165, 1.54) is 11.8 Å². The minimum absolute atomic E-state index is 0.111. The molecule has 0 aliphatic heterocycles. The van der Waals surface area contributed by atoms with E-state index in [2.05, 4.69) is 20.9 Å². The van der Waals surface area contributed by atoms with Crippen LogP contribution in [0.4, 0.5) is 0 Å². The lowest BCUT2D eigenvalue weighted by atomic mass is 10.1. The number of amides is 4. The summed E-state index contributed by atoms with van der Waals surface area (Å²) in [6.07, 6.45) is 2.10. The molecule has 0 bridgehead atoms. The molecule has 14 nitrogen and oxygen atoms in total. The first-order valence-electron chi connectivity index (χ1n) is 10.2. The molecule has 0 aliphatic rings. The number of rotatable bonds is 17. The van der Waals surface area contributed by atoms with Crippen LogP contribution in [0.5, 0.6) is 0 Å². The van der Waals surface area contributed by atoms with Crippen LogP contribution in [0.3, 0.4) is 0 Å². The van der Waals surface area contributed by atoms with Gasteiger partial charge in [0.25, 0.3) is 0 Å². The van der Waals surface area contributed by atoms with Gasteiger partial charge in [0.05, 0.1) is 6.54 Å². The summed E-state index contributed by atoms with van der Waals surface area (Å²) in [5.74, 6) is -3.62. The van der Waals surface area contributed by atoms with Crippen molar-refractivity contribution in [3.63, 3.8) is 0 Å². The third-order valence-electron chi connectivity index (χ3n) is 4.32. The Balaban J connectivity index is 5.34. The lowest BCUT2D eigenvalue weighted by molar-refractivity contribution is -0.142. The van der Waals surface area contributed by atoms with Crippen molar-refractivity contribution >= 4 is 47.3 Å². The SMILES string of the molecule is CSCCC(NC(=O)C(CCCN=C(N)N)NC(=O)CN)C(=O)NC(CCC(N)=O)C(=O)O. The second-order valence-corrected chi connectivity index (χ2v) is 8.01. The summed E-state index contributed by atoms with van der Waals surface area (Å²) in [5.41, 5.74) is 20.9. The van der Waals surface area contributed by atoms with Crippen molar-refractivity contribution in [2.75, 3.05) is 25.1 Å². The predicted octanol–water partition coefficient (Wildman–Crippen LogP) is -3.44. The molecule has 0 spiro atoms. The summed E-state index contributed by atoms with van der Waals surface area (Å²) in [4.78, 5) is 63.5. The Morgan fingerprint density at radius 3 is 1.97 bits per heavy atom. The Kier molecular flexibility index (Phi) is 15.0. The number of aliphatic carboxylic acids is 1. The van der Waals surface area contributed by atoms with E-state index in [9.17, 15) is 29.1 Å². The number of thioether (sulfide) groups is 1. The zero-order valence-corrected chi connectivity index (χ0v) is 19.4. The van der Waals surface area contributed by atoms with Gasteiger partial charge < -0.3 is 44.0 Å². The molecule has 0 heterocycles. The third kappa shape index (κ3) is 13.8. The first kappa shape index (κ1) is 29.9. The molecule has 0 saturated heterocycles. The Labute approximate surface area is 196 Å². The first-order chi connectivity index (χ1) is 15.5. The van der Waals surface area contributed by atoms with Crippen LogP contribution in [0.1, 0.15) is 32.1 Å². The maximum atomic E-state index is 12.8. The van der Waals surface area contributed by atoms with Crippen LogP contribution in [0.2, 0.25) is 0 Å². The van der Waals surface area contributed by atoms with Crippen molar-refractivity contribution in [1.29, 1.82) is 0 Å². The number of hydrogen-bond donors (Lipinski definition) is 8. The van der Waals surface area contributed by atoms with Gasteiger partial charge in [-0.3, -0.25) is 24.2 Å². The number of carbonyl (C=O) groups is 5. The number of carbonyl (C=O) groups excluding carboxylic acids is 4. The van der Waals surface area contributed by atoms with Gasteiger partial charge in [-0.05, 0) is 37.7 Å². The Bertz CT molecular complexity index is 716. The number of primary amides is 1. The van der Waals surface area contributed by atoms with Gasteiger partial charge in [-0.25, -0.2) is 4.79 Å². The Morgan fingerprint density at radius 2 is 1.48 bits per heavy atom. The minimum atomic E-state index is -1.36. The molecular weight excluding hydrogens is 456 g/mol. The van der Waals surface area contributed by atoms with Crippen molar-refractivity contribution < 1.29 is 29.1 Å². The highest BCUT2D eigenvalue weighted by atomic mass is 32.2. The molecule has 0 aliphatic carbocycles. The zero-order chi connectivity index (χ0) is 25.4. The molecule has 0 aromatic carbocycles. The van der Waals surface area contributed by atoms with Crippen LogP contribution in [-0.2, 0) is 24.0 Å². The van der Waals surface area contributed by atoms with Crippen LogP contribution < -0.4 is 38.9 Å². The number of hydrogen-bond acceptors (Lipinski definition) is 8. The van der Waals surface area contributed by atoms with Crippen molar-refractivity contribution in [3.8, 4) is 0 Å². The molecule has 12 N–H and O–H groups in total. The largest absolute Gasteiger partial charge is 0.480 e. The number of aliphatic imine (C=N–C) groups is 1. The number of carboxylic acids is 1. The van der Waals surface area contributed by atoms with Gasteiger partial charge >= 0.3 is 5.97 Å². The molecule has 15 heteroatoms. The number of nitrogens with one attached hydrogen (secondary N) is 3. The number of nitrogens with zero attached hydrogens (tertiary/aromatic N) is 1. The molecule has 0 radical (unpaired) electrons. The highest BCUT2D eigenvalue weighted by Crippen LogP contribution is 2.06. The van der Waals surface area contributed by atoms with E-state index in [1.807, 2.05) is 0 Å². The van der Waals surface area contributed by atoms with Gasteiger partial charge in [0.15, 0.2) is 5.96 Å². The van der Waals surface area contributed by atoms with E-state index in [0.29, 0.717) is 12.2 Å². The van der Waals surface area contributed by atoms with E-state index in [-0.39, 0.29) is 44.7 Å². The normalized spacial score (nSPS) is 13.2. The maximum Gasteiger partial charge on any atom is 0.326 e. The molecule has 0 saturated carbocycles. The summed E-state index contributed by atoms with van der Waals surface area (Å²) >= 11 is 1.42. The third-order valence-corrected chi connectivity index (χ3v) is 4.96. The summed E-state index contributed by atoms with van der Waals surface area (Å²) in [5, 5.41) is 16.6. The molecule has 33 heavy (non-hydrogen) atoms.